The summed E-state index contributed by atoms with van der Waals surface area (Å²) in [6.07, 6.45) is 1.85. The number of hydrogen-bond donors (Lipinski definition) is 1. The third-order valence-electron chi connectivity index (χ3n) is 3.76. The molecule has 0 aliphatic carbocycles. The number of sulfonamides is 1. The van der Waals surface area contributed by atoms with E-state index in [1.807, 2.05) is 0 Å². The molecule has 0 amide bonds. The largest absolute Gasteiger partial charge is 0.376 e. The Morgan fingerprint density at radius 2 is 2.18 bits per heavy atom. The normalized spacial score (nSPS) is 20.4. The van der Waals surface area contributed by atoms with E-state index < -0.39 is 10.0 Å². The molecule has 1 saturated heterocycles. The number of nitrogens with zero attached hydrogens (tertiary/aromatic N) is 2. The molecule has 1 aliphatic heterocycles. The highest BCUT2D eigenvalue weighted by molar-refractivity contribution is 7.89. The van der Waals surface area contributed by atoms with Gasteiger partial charge in [-0.2, -0.15) is 0 Å². The maximum absolute atomic E-state index is 12.3. The quantitative estimate of drug-likeness (QED) is 0.804. The maximum atomic E-state index is 12.3. The van der Waals surface area contributed by atoms with Crippen molar-refractivity contribution in [3.05, 3.63) is 11.5 Å². The van der Waals surface area contributed by atoms with E-state index in [2.05, 4.69) is 21.7 Å². The second-order valence-electron chi connectivity index (χ2n) is 5.63. The number of hydrogen-bond acceptors (Lipinski definition) is 6. The number of nitrogens with one attached hydrogen (secondary N) is 1. The SMILES string of the molecule is CCCN1CCO[C@@H](CCNS(=O)(=O)c2c(C)noc2C)C1. The molecule has 22 heavy (non-hydrogen) atoms. The van der Waals surface area contributed by atoms with Crippen LogP contribution in [0.2, 0.25) is 0 Å². The Hall–Kier alpha value is -0.960. The highest BCUT2D eigenvalue weighted by Gasteiger charge is 2.25. The topological polar surface area (TPSA) is 84.7 Å². The molecule has 0 aromatic carbocycles. The molecule has 126 valence electrons. The van der Waals surface area contributed by atoms with Gasteiger partial charge in [-0.15, -0.1) is 0 Å². The van der Waals surface area contributed by atoms with E-state index in [4.69, 9.17) is 9.26 Å². The molecule has 2 heterocycles. The van der Waals surface area contributed by atoms with Gasteiger partial charge in [0.15, 0.2) is 5.76 Å². The van der Waals surface area contributed by atoms with Crippen molar-refractivity contribution in [2.45, 2.75) is 44.6 Å². The molecule has 1 atom stereocenters. The van der Waals surface area contributed by atoms with Crippen LogP contribution >= 0.6 is 0 Å². The average molecular weight is 331 g/mol. The summed E-state index contributed by atoms with van der Waals surface area (Å²) in [4.78, 5) is 2.50. The lowest BCUT2D eigenvalue weighted by atomic mass is 10.2. The molecular weight excluding hydrogens is 306 g/mol. The molecule has 1 aromatic rings. The predicted molar refractivity (Wildman–Crippen MR) is 82.3 cm³/mol. The maximum Gasteiger partial charge on any atom is 0.245 e. The van der Waals surface area contributed by atoms with Crippen LogP contribution < -0.4 is 4.72 Å². The Morgan fingerprint density at radius 3 is 2.82 bits per heavy atom. The summed E-state index contributed by atoms with van der Waals surface area (Å²) in [5.74, 6) is 0.313. The summed E-state index contributed by atoms with van der Waals surface area (Å²) >= 11 is 0. The van der Waals surface area contributed by atoms with Crippen LogP contribution in [0.15, 0.2) is 9.42 Å². The van der Waals surface area contributed by atoms with Crippen molar-refractivity contribution >= 4 is 10.0 Å². The van der Waals surface area contributed by atoms with Gasteiger partial charge in [0.25, 0.3) is 0 Å². The van der Waals surface area contributed by atoms with Crippen molar-refractivity contribution in [1.82, 2.24) is 14.8 Å². The van der Waals surface area contributed by atoms with Gasteiger partial charge >= 0.3 is 0 Å². The van der Waals surface area contributed by atoms with E-state index in [-0.39, 0.29) is 11.0 Å². The summed E-state index contributed by atoms with van der Waals surface area (Å²) in [6, 6.07) is 0. The average Bonchev–Trinajstić information content (AvgIpc) is 2.79. The highest BCUT2D eigenvalue weighted by Crippen LogP contribution is 2.18. The second kappa shape index (κ2) is 7.54. The predicted octanol–water partition coefficient (Wildman–Crippen LogP) is 1.07. The molecule has 0 saturated carbocycles. The van der Waals surface area contributed by atoms with Crippen LogP contribution in [0, 0.1) is 13.8 Å². The monoisotopic (exact) mass is 331 g/mol. The smallest absolute Gasteiger partial charge is 0.245 e. The van der Waals surface area contributed by atoms with Gasteiger partial charge in [-0.1, -0.05) is 12.1 Å². The molecular formula is C14H25N3O4S. The van der Waals surface area contributed by atoms with E-state index >= 15 is 0 Å². The first-order valence-electron chi connectivity index (χ1n) is 7.70. The molecule has 8 heteroatoms. The minimum absolute atomic E-state index is 0.0765. The summed E-state index contributed by atoms with van der Waals surface area (Å²) in [7, 11) is -3.58. The zero-order valence-electron chi connectivity index (χ0n) is 13.5. The molecule has 2 rings (SSSR count). The van der Waals surface area contributed by atoms with Gasteiger partial charge in [0.2, 0.25) is 10.0 Å². The van der Waals surface area contributed by atoms with Gasteiger partial charge < -0.3 is 9.26 Å². The van der Waals surface area contributed by atoms with Crippen molar-refractivity contribution in [3.63, 3.8) is 0 Å². The van der Waals surface area contributed by atoms with Crippen molar-refractivity contribution in [1.29, 1.82) is 0 Å². The fraction of sp³-hybridized carbons (Fsp3) is 0.786. The van der Waals surface area contributed by atoms with Crippen LogP contribution in [0.3, 0.4) is 0 Å². The molecule has 1 fully saturated rings. The zero-order chi connectivity index (χ0) is 16.2. The number of aromatic nitrogens is 1. The molecule has 1 aliphatic rings. The zero-order valence-corrected chi connectivity index (χ0v) is 14.3. The third-order valence-corrected chi connectivity index (χ3v) is 5.46. The molecule has 0 radical (unpaired) electrons. The van der Waals surface area contributed by atoms with Gasteiger partial charge in [0, 0.05) is 19.6 Å². The second-order valence-corrected chi connectivity index (χ2v) is 7.34. The lowest BCUT2D eigenvalue weighted by molar-refractivity contribution is -0.0309. The fourth-order valence-electron chi connectivity index (χ4n) is 2.76. The standard InChI is InChI=1S/C14H25N3O4S/c1-4-7-17-8-9-20-13(10-17)5-6-15-22(18,19)14-11(2)16-21-12(14)3/h13,15H,4-10H2,1-3H3/t13-/m0/s1. The van der Waals surface area contributed by atoms with Gasteiger partial charge in [-0.05, 0) is 33.2 Å². The molecule has 0 spiro atoms. The van der Waals surface area contributed by atoms with E-state index in [1.165, 1.54) is 0 Å². The highest BCUT2D eigenvalue weighted by atomic mass is 32.2. The van der Waals surface area contributed by atoms with Gasteiger partial charge in [0.05, 0.1) is 12.7 Å². The molecule has 1 aromatic heterocycles. The van der Waals surface area contributed by atoms with Crippen molar-refractivity contribution in [2.24, 2.45) is 0 Å². The van der Waals surface area contributed by atoms with E-state index in [1.54, 1.807) is 13.8 Å². The number of aryl methyl sites for hydroxylation is 2. The number of ether oxygens (including phenoxy) is 1. The summed E-state index contributed by atoms with van der Waals surface area (Å²) < 4.78 is 37.8. The first kappa shape index (κ1) is 17.4. The van der Waals surface area contributed by atoms with Crippen molar-refractivity contribution < 1.29 is 17.7 Å². The van der Waals surface area contributed by atoms with Gasteiger partial charge in [-0.25, -0.2) is 13.1 Å². The third kappa shape index (κ3) is 4.28. The van der Waals surface area contributed by atoms with Gasteiger partial charge in [0.1, 0.15) is 10.6 Å². The van der Waals surface area contributed by atoms with E-state index in [9.17, 15) is 8.42 Å². The summed E-state index contributed by atoms with van der Waals surface area (Å²) in [6.45, 7) is 9.31. The Labute approximate surface area is 132 Å². The Kier molecular flexibility index (Phi) is 5.96. The molecule has 0 unspecified atom stereocenters. The first-order chi connectivity index (χ1) is 10.4. The van der Waals surface area contributed by atoms with Crippen LogP contribution in [-0.4, -0.2) is 57.4 Å². The lowest BCUT2D eigenvalue weighted by Crippen LogP contribution is -2.44. The van der Waals surface area contributed by atoms with Crippen LogP contribution in [-0.2, 0) is 14.8 Å². The minimum atomic E-state index is -3.58. The summed E-state index contributed by atoms with van der Waals surface area (Å²) in [5.41, 5.74) is 0.382. The molecule has 7 nitrogen and oxygen atoms in total. The van der Waals surface area contributed by atoms with Gasteiger partial charge in [-0.3, -0.25) is 4.90 Å². The Balaban J connectivity index is 1.85. The number of rotatable bonds is 7. The van der Waals surface area contributed by atoms with Crippen LogP contribution in [0.25, 0.3) is 0 Å². The van der Waals surface area contributed by atoms with Crippen LogP contribution in [0.1, 0.15) is 31.2 Å². The van der Waals surface area contributed by atoms with Crippen LogP contribution in [0.5, 0.6) is 0 Å². The minimum Gasteiger partial charge on any atom is -0.376 e. The lowest BCUT2D eigenvalue weighted by Gasteiger charge is -2.32. The van der Waals surface area contributed by atoms with Crippen molar-refractivity contribution in [2.75, 3.05) is 32.8 Å². The molecule has 0 bridgehead atoms. The Morgan fingerprint density at radius 1 is 1.41 bits per heavy atom. The first-order valence-corrected chi connectivity index (χ1v) is 9.19. The summed E-state index contributed by atoms with van der Waals surface area (Å²) in [5, 5.41) is 3.69. The van der Waals surface area contributed by atoms with E-state index in [0.717, 1.165) is 26.1 Å². The number of morpholine rings is 1. The van der Waals surface area contributed by atoms with Crippen LogP contribution in [0.4, 0.5) is 0 Å². The fourth-order valence-corrected chi connectivity index (χ4v) is 4.13. The van der Waals surface area contributed by atoms with E-state index in [0.29, 0.717) is 31.0 Å². The Bertz CT molecular complexity index is 563. The van der Waals surface area contributed by atoms with Crippen molar-refractivity contribution in [3.8, 4) is 0 Å². The molecule has 1 N–H and O–H groups in total.